The van der Waals surface area contributed by atoms with E-state index in [1.807, 2.05) is 23.3 Å². The molecular weight excluding hydrogens is 128 g/mol. The minimum absolute atomic E-state index is 0.632. The summed E-state index contributed by atoms with van der Waals surface area (Å²) in [7, 11) is 1.69. The maximum absolute atomic E-state index is 4.94. The third-order valence-electron chi connectivity index (χ3n) is 1.39. The van der Waals surface area contributed by atoms with E-state index < -0.39 is 0 Å². The fourth-order valence-electron chi connectivity index (χ4n) is 0.851. The minimum Gasteiger partial charge on any atom is -0.345 e. The van der Waals surface area contributed by atoms with Crippen molar-refractivity contribution in [2.45, 2.75) is 20.2 Å². The van der Waals surface area contributed by atoms with Gasteiger partial charge in [0, 0.05) is 7.11 Å². The van der Waals surface area contributed by atoms with E-state index in [2.05, 4.69) is 11.5 Å². The first-order chi connectivity index (χ1) is 4.86. The van der Waals surface area contributed by atoms with E-state index in [1.165, 1.54) is 0 Å². The molecule has 0 aliphatic carbocycles. The number of hydrogen-bond acceptors (Lipinski definition) is 1. The number of ether oxygens (including phenoxy) is 1. The second-order valence-corrected chi connectivity index (χ2v) is 2.18. The van der Waals surface area contributed by atoms with Crippen LogP contribution in [-0.4, -0.2) is 11.7 Å². The highest BCUT2D eigenvalue weighted by Crippen LogP contribution is 1.82. The van der Waals surface area contributed by atoms with Crippen molar-refractivity contribution < 1.29 is 9.30 Å². The van der Waals surface area contributed by atoms with Gasteiger partial charge in [0.1, 0.15) is 12.4 Å². The van der Waals surface area contributed by atoms with Gasteiger partial charge in [-0.3, -0.25) is 0 Å². The van der Waals surface area contributed by atoms with Crippen molar-refractivity contribution in [3.05, 3.63) is 18.7 Å². The lowest BCUT2D eigenvalue weighted by Gasteiger charge is -1.90. The molecule has 1 heterocycles. The highest BCUT2D eigenvalue weighted by molar-refractivity contribution is 4.63. The molecule has 0 atom stereocenters. The number of hydrogen-bond donors (Lipinski definition) is 0. The van der Waals surface area contributed by atoms with E-state index in [1.54, 1.807) is 7.11 Å². The number of methoxy groups -OCH3 is 1. The Balaban J connectivity index is 2.59. The van der Waals surface area contributed by atoms with Gasteiger partial charge >= 0.3 is 0 Å². The van der Waals surface area contributed by atoms with E-state index in [4.69, 9.17) is 4.74 Å². The van der Waals surface area contributed by atoms with Crippen LogP contribution in [0.2, 0.25) is 0 Å². The Labute approximate surface area is 60.9 Å². The lowest BCUT2D eigenvalue weighted by atomic mass is 10.7. The Kier molecular flexibility index (Phi) is 2.45. The topological polar surface area (TPSA) is 18.0 Å². The summed E-state index contributed by atoms with van der Waals surface area (Å²) in [6, 6.07) is 0. The maximum Gasteiger partial charge on any atom is 0.245 e. The fourth-order valence-corrected chi connectivity index (χ4v) is 0.851. The van der Waals surface area contributed by atoms with Crippen LogP contribution in [-0.2, 0) is 18.0 Å². The van der Waals surface area contributed by atoms with E-state index in [0.29, 0.717) is 6.73 Å². The van der Waals surface area contributed by atoms with Crippen LogP contribution in [0.4, 0.5) is 0 Å². The van der Waals surface area contributed by atoms with Crippen molar-refractivity contribution in [1.29, 1.82) is 0 Å². The van der Waals surface area contributed by atoms with Gasteiger partial charge in [-0.1, -0.05) is 0 Å². The zero-order chi connectivity index (χ0) is 7.40. The molecule has 0 N–H and O–H groups in total. The van der Waals surface area contributed by atoms with Gasteiger partial charge in [-0.05, 0) is 6.92 Å². The van der Waals surface area contributed by atoms with Crippen molar-refractivity contribution in [3.8, 4) is 0 Å². The van der Waals surface area contributed by atoms with Gasteiger partial charge in [-0.25, -0.2) is 9.13 Å². The molecule has 3 heteroatoms. The monoisotopic (exact) mass is 141 g/mol. The molecule has 3 nitrogen and oxygen atoms in total. The molecule has 0 saturated heterocycles. The van der Waals surface area contributed by atoms with Crippen molar-refractivity contribution in [3.63, 3.8) is 0 Å². The molecule has 1 aromatic heterocycles. The summed E-state index contributed by atoms with van der Waals surface area (Å²) in [6.45, 7) is 3.75. The number of aromatic nitrogens is 2. The highest BCUT2D eigenvalue weighted by atomic mass is 16.5. The average Bonchev–Trinajstić information content (AvgIpc) is 2.37. The Hall–Kier alpha value is -0.830. The summed E-state index contributed by atoms with van der Waals surface area (Å²) >= 11 is 0. The Morgan fingerprint density at radius 1 is 1.60 bits per heavy atom. The second kappa shape index (κ2) is 3.37. The number of aryl methyl sites for hydroxylation is 1. The lowest BCUT2D eigenvalue weighted by Crippen LogP contribution is -2.31. The van der Waals surface area contributed by atoms with Crippen molar-refractivity contribution in [1.82, 2.24) is 4.57 Å². The standard InChI is InChI=1S/C7H13N2O/c1-3-8-4-5-9(6-8)7-10-2/h4-6H,3,7H2,1-2H3/q+1. The summed E-state index contributed by atoms with van der Waals surface area (Å²) in [5, 5.41) is 0. The van der Waals surface area contributed by atoms with E-state index in [-0.39, 0.29) is 0 Å². The van der Waals surface area contributed by atoms with E-state index >= 15 is 0 Å². The first-order valence-electron chi connectivity index (χ1n) is 3.40. The van der Waals surface area contributed by atoms with Gasteiger partial charge in [0.2, 0.25) is 6.33 Å². The van der Waals surface area contributed by atoms with Crippen molar-refractivity contribution >= 4 is 0 Å². The largest absolute Gasteiger partial charge is 0.345 e. The molecule has 0 aliphatic rings. The van der Waals surface area contributed by atoms with E-state index in [9.17, 15) is 0 Å². The molecule has 0 spiro atoms. The summed E-state index contributed by atoms with van der Waals surface area (Å²) in [6.07, 6.45) is 6.04. The summed E-state index contributed by atoms with van der Waals surface area (Å²) < 4.78 is 9.02. The normalized spacial score (nSPS) is 10.2. The average molecular weight is 141 g/mol. The molecule has 0 amide bonds. The lowest BCUT2D eigenvalue weighted by molar-refractivity contribution is -0.730. The molecule has 0 saturated carbocycles. The molecule has 0 unspecified atom stereocenters. The molecular formula is C7H13N2O+. The number of imidazole rings is 1. The van der Waals surface area contributed by atoms with Gasteiger partial charge in [-0.2, -0.15) is 0 Å². The summed E-state index contributed by atoms with van der Waals surface area (Å²) in [5.41, 5.74) is 0. The van der Waals surface area contributed by atoms with Crippen LogP contribution < -0.4 is 4.57 Å². The maximum atomic E-state index is 4.94. The zero-order valence-corrected chi connectivity index (χ0v) is 6.45. The predicted molar refractivity (Wildman–Crippen MR) is 37.3 cm³/mol. The molecule has 56 valence electrons. The van der Waals surface area contributed by atoms with Gasteiger partial charge in [0.25, 0.3) is 0 Å². The second-order valence-electron chi connectivity index (χ2n) is 2.18. The Morgan fingerprint density at radius 3 is 2.90 bits per heavy atom. The Bertz CT molecular complexity index is 195. The molecule has 10 heavy (non-hydrogen) atoms. The first-order valence-corrected chi connectivity index (χ1v) is 3.40. The molecule has 0 radical (unpaired) electrons. The third kappa shape index (κ3) is 1.57. The van der Waals surface area contributed by atoms with Crippen molar-refractivity contribution in [2.24, 2.45) is 0 Å². The SMILES string of the molecule is CCn1cc[n+](COC)c1. The van der Waals surface area contributed by atoms with Crippen LogP contribution in [0.25, 0.3) is 0 Å². The summed E-state index contributed by atoms with van der Waals surface area (Å²) in [5.74, 6) is 0. The van der Waals surface area contributed by atoms with Gasteiger partial charge in [-0.15, -0.1) is 0 Å². The van der Waals surface area contributed by atoms with Crippen LogP contribution in [0, 0.1) is 0 Å². The molecule has 1 aromatic rings. The van der Waals surface area contributed by atoms with Gasteiger partial charge in [0.15, 0.2) is 6.73 Å². The van der Waals surface area contributed by atoms with Crippen molar-refractivity contribution in [2.75, 3.05) is 7.11 Å². The Morgan fingerprint density at radius 2 is 2.40 bits per heavy atom. The minimum atomic E-state index is 0.632. The molecule has 0 aliphatic heterocycles. The van der Waals surface area contributed by atoms with Crippen LogP contribution in [0.3, 0.4) is 0 Å². The summed E-state index contributed by atoms with van der Waals surface area (Å²) in [4.78, 5) is 0. The number of nitrogens with zero attached hydrogens (tertiary/aromatic N) is 2. The van der Waals surface area contributed by atoms with Crippen LogP contribution in [0.5, 0.6) is 0 Å². The fraction of sp³-hybridized carbons (Fsp3) is 0.571. The molecule has 0 bridgehead atoms. The molecule has 1 rings (SSSR count). The van der Waals surface area contributed by atoms with Crippen LogP contribution in [0.15, 0.2) is 18.7 Å². The number of rotatable bonds is 3. The highest BCUT2D eigenvalue weighted by Gasteiger charge is 1.98. The van der Waals surface area contributed by atoms with Crippen LogP contribution in [0.1, 0.15) is 6.92 Å². The third-order valence-corrected chi connectivity index (χ3v) is 1.39. The predicted octanol–water partition coefficient (Wildman–Crippen LogP) is 0.399. The first kappa shape index (κ1) is 7.28. The molecule has 0 fully saturated rings. The van der Waals surface area contributed by atoms with Gasteiger partial charge < -0.3 is 4.74 Å². The van der Waals surface area contributed by atoms with Crippen LogP contribution >= 0.6 is 0 Å². The quantitative estimate of drug-likeness (QED) is 0.557. The molecule has 0 aromatic carbocycles. The van der Waals surface area contributed by atoms with Gasteiger partial charge in [0.05, 0.1) is 6.54 Å². The zero-order valence-electron chi connectivity index (χ0n) is 6.45. The smallest absolute Gasteiger partial charge is 0.245 e. The van der Waals surface area contributed by atoms with E-state index in [0.717, 1.165) is 6.54 Å².